The van der Waals surface area contributed by atoms with Gasteiger partial charge in [-0.1, -0.05) is 11.8 Å². The average molecular weight is 488 g/mol. The third-order valence-corrected chi connectivity index (χ3v) is 6.17. The Kier molecular flexibility index (Phi) is 7.75. The fraction of sp³-hybridized carbons (Fsp3) is 0.478. The summed E-state index contributed by atoms with van der Waals surface area (Å²) in [5.41, 5.74) is 4.09. The predicted molar refractivity (Wildman–Crippen MR) is 126 cm³/mol. The Bertz CT molecular complexity index is 1260. The molecule has 0 fully saturated rings. The molecule has 0 saturated heterocycles. The number of hydrogen-bond donors (Lipinski definition) is 1. The molecule has 3 aromatic rings. The van der Waals surface area contributed by atoms with Crippen LogP contribution in [-0.2, 0) is 20.7 Å². The molecule has 0 aliphatic carbocycles. The Morgan fingerprint density at radius 1 is 1.15 bits per heavy atom. The number of nitrogens with zero attached hydrogens (tertiary/aromatic N) is 4. The van der Waals surface area contributed by atoms with Gasteiger partial charge in [0.05, 0.1) is 17.9 Å². The first-order valence-electron chi connectivity index (χ1n) is 11.0. The van der Waals surface area contributed by atoms with Crippen molar-refractivity contribution in [3.63, 3.8) is 0 Å². The molecule has 0 aromatic carbocycles. The van der Waals surface area contributed by atoms with Crippen LogP contribution in [0.25, 0.3) is 5.78 Å². The molecule has 182 valence electrons. The Balaban J connectivity index is 1.68. The van der Waals surface area contributed by atoms with E-state index in [4.69, 9.17) is 9.47 Å². The van der Waals surface area contributed by atoms with Gasteiger partial charge in [0.2, 0.25) is 10.9 Å². The summed E-state index contributed by atoms with van der Waals surface area (Å²) in [5, 5.41) is 5.04. The van der Waals surface area contributed by atoms with Crippen molar-refractivity contribution in [1.82, 2.24) is 24.6 Å². The molecule has 0 aliphatic rings. The van der Waals surface area contributed by atoms with Crippen molar-refractivity contribution in [2.75, 3.05) is 12.9 Å². The minimum absolute atomic E-state index is 0.0768. The van der Waals surface area contributed by atoms with E-state index < -0.39 is 23.8 Å². The molecule has 1 N–H and O–H groups in total. The van der Waals surface area contributed by atoms with Crippen molar-refractivity contribution in [2.24, 2.45) is 0 Å². The van der Waals surface area contributed by atoms with Gasteiger partial charge in [0.15, 0.2) is 6.10 Å². The maximum atomic E-state index is 12.9. The highest BCUT2D eigenvalue weighted by molar-refractivity contribution is 7.98. The molecule has 11 heteroatoms. The fourth-order valence-electron chi connectivity index (χ4n) is 3.88. The van der Waals surface area contributed by atoms with E-state index in [0.717, 1.165) is 17.0 Å². The predicted octanol–water partition coefficient (Wildman–Crippen LogP) is 3.33. The molecular weight excluding hydrogens is 458 g/mol. The summed E-state index contributed by atoms with van der Waals surface area (Å²) in [4.78, 5) is 49.4. The van der Waals surface area contributed by atoms with Crippen LogP contribution < -0.4 is 0 Å². The van der Waals surface area contributed by atoms with Gasteiger partial charge in [-0.15, -0.1) is 5.10 Å². The summed E-state index contributed by atoms with van der Waals surface area (Å²) in [6.45, 7) is 10.6. The second-order valence-corrected chi connectivity index (χ2v) is 8.69. The number of ketones is 1. The molecule has 0 amide bonds. The number of ether oxygens (including phenoxy) is 2. The first-order chi connectivity index (χ1) is 16.1. The van der Waals surface area contributed by atoms with Crippen molar-refractivity contribution in [3.8, 4) is 0 Å². The topological polar surface area (TPSA) is 129 Å². The number of H-pyrrole nitrogens is 1. The summed E-state index contributed by atoms with van der Waals surface area (Å²) in [5.74, 6) is -0.892. The zero-order valence-electron chi connectivity index (χ0n) is 20.4. The van der Waals surface area contributed by atoms with Gasteiger partial charge in [0.25, 0.3) is 5.78 Å². The van der Waals surface area contributed by atoms with Crippen LogP contribution >= 0.6 is 11.8 Å². The van der Waals surface area contributed by atoms with E-state index in [0.29, 0.717) is 34.2 Å². The average Bonchev–Trinajstić information content (AvgIpc) is 3.33. The molecule has 3 heterocycles. The molecule has 3 aromatic heterocycles. The van der Waals surface area contributed by atoms with Crippen molar-refractivity contribution in [1.29, 1.82) is 0 Å². The number of aromatic amines is 1. The SMILES string of the molecule is CCOC(=O)c1c(C)[nH]c(C(=O)C(C)OC(=O)CCc2c(C)nc3nc(SC)nn3c2C)c1C. The minimum Gasteiger partial charge on any atom is -0.462 e. The number of carbonyl (C=O) groups is 3. The van der Waals surface area contributed by atoms with E-state index in [1.54, 1.807) is 25.3 Å². The summed E-state index contributed by atoms with van der Waals surface area (Å²) in [7, 11) is 0. The highest BCUT2D eigenvalue weighted by Gasteiger charge is 2.27. The summed E-state index contributed by atoms with van der Waals surface area (Å²) in [6, 6.07) is 0. The monoisotopic (exact) mass is 487 g/mol. The van der Waals surface area contributed by atoms with E-state index in [2.05, 4.69) is 20.1 Å². The largest absolute Gasteiger partial charge is 0.462 e. The Labute approximate surface area is 201 Å². The number of aromatic nitrogens is 5. The number of rotatable bonds is 9. The van der Waals surface area contributed by atoms with Crippen LogP contribution in [0.4, 0.5) is 0 Å². The van der Waals surface area contributed by atoms with Gasteiger partial charge in [0, 0.05) is 23.5 Å². The van der Waals surface area contributed by atoms with Crippen LogP contribution in [0.5, 0.6) is 0 Å². The van der Waals surface area contributed by atoms with Gasteiger partial charge in [0.1, 0.15) is 0 Å². The lowest BCUT2D eigenvalue weighted by Gasteiger charge is -2.13. The van der Waals surface area contributed by atoms with E-state index in [1.807, 2.05) is 20.1 Å². The molecule has 1 unspecified atom stereocenters. The van der Waals surface area contributed by atoms with Crippen LogP contribution in [0.2, 0.25) is 0 Å². The number of Topliss-reactive ketones (excluding diaryl/α,β-unsaturated/α-hetero) is 1. The number of esters is 2. The number of hydrogen-bond acceptors (Lipinski definition) is 9. The summed E-state index contributed by atoms with van der Waals surface area (Å²) >= 11 is 1.43. The van der Waals surface area contributed by atoms with Crippen LogP contribution in [0, 0.1) is 27.7 Å². The number of aryl methyl sites for hydroxylation is 3. The third kappa shape index (κ3) is 4.98. The van der Waals surface area contributed by atoms with Crippen molar-refractivity contribution in [3.05, 3.63) is 39.5 Å². The van der Waals surface area contributed by atoms with Gasteiger partial charge in [-0.2, -0.15) is 4.98 Å². The van der Waals surface area contributed by atoms with E-state index >= 15 is 0 Å². The highest BCUT2D eigenvalue weighted by Crippen LogP contribution is 2.22. The Morgan fingerprint density at radius 3 is 2.50 bits per heavy atom. The maximum Gasteiger partial charge on any atom is 0.340 e. The van der Waals surface area contributed by atoms with Crippen LogP contribution in [0.15, 0.2) is 5.16 Å². The molecule has 0 aliphatic heterocycles. The lowest BCUT2D eigenvalue weighted by atomic mass is 10.1. The van der Waals surface area contributed by atoms with Gasteiger partial charge in [-0.3, -0.25) is 9.59 Å². The Morgan fingerprint density at radius 2 is 1.85 bits per heavy atom. The molecule has 34 heavy (non-hydrogen) atoms. The molecule has 0 saturated carbocycles. The maximum absolute atomic E-state index is 12.9. The molecule has 0 radical (unpaired) electrons. The summed E-state index contributed by atoms with van der Waals surface area (Å²) in [6.07, 6.45) is 1.35. The minimum atomic E-state index is -1.01. The van der Waals surface area contributed by atoms with Gasteiger partial charge in [-0.05, 0) is 65.3 Å². The first-order valence-corrected chi connectivity index (χ1v) is 12.2. The summed E-state index contributed by atoms with van der Waals surface area (Å²) < 4.78 is 12.1. The van der Waals surface area contributed by atoms with Gasteiger partial charge in [-0.25, -0.2) is 14.3 Å². The molecule has 0 spiro atoms. The van der Waals surface area contributed by atoms with Crippen LogP contribution in [0.1, 0.15) is 69.3 Å². The van der Waals surface area contributed by atoms with E-state index in [9.17, 15) is 14.4 Å². The first kappa shape index (κ1) is 25.4. The second-order valence-electron chi connectivity index (χ2n) is 7.91. The second kappa shape index (κ2) is 10.4. The standard InChI is InChI=1S/C23H29N5O5S/c1-8-32-21(31)18-11(2)19(24-13(18)4)20(30)15(6)33-17(29)10-9-16-12(3)25-22-26-23(34-7)27-28(22)14(16)5/h15,24H,8-10H2,1-7H3. The lowest BCUT2D eigenvalue weighted by molar-refractivity contribution is -0.146. The number of thioether (sulfide) groups is 1. The smallest absolute Gasteiger partial charge is 0.340 e. The molecule has 3 rings (SSSR count). The molecular formula is C23H29N5O5S. The highest BCUT2D eigenvalue weighted by atomic mass is 32.2. The molecule has 10 nitrogen and oxygen atoms in total. The Hall–Kier alpha value is -3.21. The van der Waals surface area contributed by atoms with Crippen LogP contribution in [0.3, 0.4) is 0 Å². The van der Waals surface area contributed by atoms with E-state index in [1.165, 1.54) is 18.7 Å². The zero-order valence-corrected chi connectivity index (χ0v) is 21.3. The lowest BCUT2D eigenvalue weighted by Crippen LogP contribution is -2.25. The van der Waals surface area contributed by atoms with Crippen molar-refractivity contribution in [2.45, 2.75) is 65.6 Å². The van der Waals surface area contributed by atoms with Crippen molar-refractivity contribution >= 4 is 35.3 Å². The van der Waals surface area contributed by atoms with Crippen molar-refractivity contribution < 1.29 is 23.9 Å². The van der Waals surface area contributed by atoms with Crippen LogP contribution in [-0.4, -0.2) is 61.3 Å². The zero-order chi connectivity index (χ0) is 25.2. The van der Waals surface area contributed by atoms with Gasteiger partial charge < -0.3 is 14.5 Å². The molecule has 1 atom stereocenters. The molecule has 0 bridgehead atoms. The van der Waals surface area contributed by atoms with E-state index in [-0.39, 0.29) is 18.7 Å². The number of nitrogens with one attached hydrogen (secondary N) is 1. The normalized spacial score (nSPS) is 12.1. The number of carbonyl (C=O) groups excluding carboxylic acids is 3. The third-order valence-electron chi connectivity index (χ3n) is 5.63. The number of fused-ring (bicyclic) bond motifs is 1. The quantitative estimate of drug-likeness (QED) is 0.274. The fourth-order valence-corrected chi connectivity index (χ4v) is 4.22. The van der Waals surface area contributed by atoms with Gasteiger partial charge >= 0.3 is 11.9 Å².